The van der Waals surface area contributed by atoms with Crippen molar-refractivity contribution in [3.63, 3.8) is 0 Å². The second kappa shape index (κ2) is 9.84. The highest BCUT2D eigenvalue weighted by Crippen LogP contribution is 2.33. The van der Waals surface area contributed by atoms with E-state index < -0.39 is 29.6 Å². The summed E-state index contributed by atoms with van der Waals surface area (Å²) in [7, 11) is 0. The van der Waals surface area contributed by atoms with Crippen molar-refractivity contribution in [3.05, 3.63) is 86.1 Å². The minimum atomic E-state index is -4.90. The Labute approximate surface area is 211 Å². The van der Waals surface area contributed by atoms with Crippen molar-refractivity contribution < 1.29 is 28.1 Å². The number of hydrogen-bond acceptors (Lipinski definition) is 7. The van der Waals surface area contributed by atoms with Gasteiger partial charge in [0.2, 0.25) is 0 Å². The number of benzene rings is 2. The molecule has 8 nitrogen and oxygen atoms in total. The third kappa shape index (κ3) is 5.32. The van der Waals surface area contributed by atoms with Gasteiger partial charge in [-0.1, -0.05) is 47.5 Å². The highest BCUT2D eigenvalue weighted by Gasteiger charge is 2.32. The number of aryl methyl sites for hydroxylation is 1. The highest BCUT2D eigenvalue weighted by molar-refractivity contribution is 6.36. The number of nitrogens with zero attached hydrogens (tertiary/aromatic N) is 3. The van der Waals surface area contributed by atoms with E-state index in [0.717, 1.165) is 10.6 Å². The van der Waals surface area contributed by atoms with Gasteiger partial charge in [-0.05, 0) is 30.7 Å². The molecule has 2 aromatic heterocycles. The van der Waals surface area contributed by atoms with Crippen LogP contribution >= 0.6 is 23.2 Å². The second-order valence-electron chi connectivity index (χ2n) is 7.70. The quantitative estimate of drug-likeness (QED) is 0.229. The van der Waals surface area contributed by atoms with Gasteiger partial charge < -0.3 is 20.3 Å². The molecule has 13 heteroatoms. The van der Waals surface area contributed by atoms with Crippen molar-refractivity contribution in [1.82, 2.24) is 14.5 Å². The average Bonchev–Trinajstić information content (AvgIpc) is 2.80. The number of hydrogen-bond donors (Lipinski definition) is 3. The van der Waals surface area contributed by atoms with Crippen LogP contribution < -0.4 is 15.6 Å². The number of alkyl halides is 3. The number of nitrogens with one attached hydrogen (secondary N) is 1. The SMILES string of the molecule is Cc1ccc(NC(O)c2cc(Cl)c(O)c(Cl)n2)c2c(=O)n(Cc3ccccc3OC(F)(F)F)cnc12. The molecule has 3 N–H and O–H groups in total. The number of rotatable bonds is 6. The molecule has 1 atom stereocenters. The Bertz CT molecular complexity index is 1490. The monoisotopic (exact) mass is 540 g/mol. The lowest BCUT2D eigenvalue weighted by Gasteiger charge is -2.18. The highest BCUT2D eigenvalue weighted by atomic mass is 35.5. The molecule has 188 valence electrons. The van der Waals surface area contributed by atoms with Crippen molar-refractivity contribution in [2.24, 2.45) is 0 Å². The number of halogens is 5. The van der Waals surface area contributed by atoms with Crippen LogP contribution in [-0.2, 0) is 6.54 Å². The molecule has 0 aliphatic carbocycles. The van der Waals surface area contributed by atoms with Gasteiger partial charge in [0.05, 0.1) is 40.2 Å². The molecule has 0 bridgehead atoms. The Morgan fingerprint density at radius 2 is 1.92 bits per heavy atom. The van der Waals surface area contributed by atoms with E-state index in [-0.39, 0.29) is 39.1 Å². The molecule has 4 rings (SSSR count). The van der Waals surface area contributed by atoms with Crippen molar-refractivity contribution in [2.45, 2.75) is 26.1 Å². The van der Waals surface area contributed by atoms with Crippen LogP contribution in [0.25, 0.3) is 10.9 Å². The summed E-state index contributed by atoms with van der Waals surface area (Å²) in [5.41, 5.74) is 0.663. The number of aliphatic hydroxyl groups is 1. The Morgan fingerprint density at radius 3 is 2.61 bits per heavy atom. The van der Waals surface area contributed by atoms with Crippen LogP contribution in [0.3, 0.4) is 0 Å². The summed E-state index contributed by atoms with van der Waals surface area (Å²) in [6, 6.07) is 9.87. The number of pyridine rings is 1. The van der Waals surface area contributed by atoms with E-state index in [4.69, 9.17) is 23.2 Å². The molecule has 0 aliphatic heterocycles. The van der Waals surface area contributed by atoms with E-state index in [9.17, 15) is 28.2 Å². The molecular weight excluding hydrogens is 524 g/mol. The van der Waals surface area contributed by atoms with Crippen LogP contribution in [0.5, 0.6) is 11.5 Å². The number of para-hydroxylation sites is 1. The van der Waals surface area contributed by atoms with E-state index in [2.05, 4.69) is 20.0 Å². The van der Waals surface area contributed by atoms with E-state index in [1.807, 2.05) is 0 Å². The number of fused-ring (bicyclic) bond motifs is 1. The third-order valence-electron chi connectivity index (χ3n) is 5.22. The van der Waals surface area contributed by atoms with Crippen molar-refractivity contribution in [1.29, 1.82) is 0 Å². The first-order valence-corrected chi connectivity index (χ1v) is 11.0. The molecule has 2 aromatic carbocycles. The van der Waals surface area contributed by atoms with Gasteiger partial charge in [0.1, 0.15) is 5.75 Å². The first-order chi connectivity index (χ1) is 16.9. The number of aliphatic hydroxyl groups excluding tert-OH is 1. The number of aromatic hydroxyl groups is 1. The molecular formula is C23H17Cl2F3N4O4. The summed E-state index contributed by atoms with van der Waals surface area (Å²) in [5, 5.41) is 22.7. The minimum absolute atomic E-state index is 0.0287. The summed E-state index contributed by atoms with van der Waals surface area (Å²) in [4.78, 5) is 21.6. The number of aromatic nitrogens is 3. The lowest BCUT2D eigenvalue weighted by atomic mass is 10.1. The van der Waals surface area contributed by atoms with Crippen LogP contribution in [0.2, 0.25) is 10.2 Å². The van der Waals surface area contributed by atoms with E-state index in [1.165, 1.54) is 30.6 Å². The average molecular weight is 541 g/mol. The van der Waals surface area contributed by atoms with Crippen molar-refractivity contribution in [2.75, 3.05) is 5.32 Å². The molecule has 0 amide bonds. The minimum Gasteiger partial charge on any atom is -0.504 e. The second-order valence-corrected chi connectivity index (χ2v) is 8.47. The summed E-state index contributed by atoms with van der Waals surface area (Å²) >= 11 is 11.7. The van der Waals surface area contributed by atoms with Gasteiger partial charge in [0.15, 0.2) is 17.1 Å². The predicted octanol–water partition coefficient (Wildman–Crippen LogP) is 5.16. The van der Waals surface area contributed by atoms with Crippen LogP contribution in [0.15, 0.2) is 53.6 Å². The Morgan fingerprint density at radius 1 is 1.19 bits per heavy atom. The molecule has 0 aliphatic rings. The Kier molecular flexibility index (Phi) is 6.98. The smallest absolute Gasteiger partial charge is 0.504 e. The number of anilines is 1. The molecule has 1 unspecified atom stereocenters. The van der Waals surface area contributed by atoms with E-state index >= 15 is 0 Å². The fourth-order valence-electron chi connectivity index (χ4n) is 3.53. The largest absolute Gasteiger partial charge is 0.573 e. The molecule has 0 spiro atoms. The summed E-state index contributed by atoms with van der Waals surface area (Å²) in [5.74, 6) is -0.890. The predicted molar refractivity (Wildman–Crippen MR) is 127 cm³/mol. The lowest BCUT2D eigenvalue weighted by molar-refractivity contribution is -0.274. The lowest BCUT2D eigenvalue weighted by Crippen LogP contribution is -2.24. The van der Waals surface area contributed by atoms with Crippen LogP contribution in [-0.4, -0.2) is 31.1 Å². The number of ether oxygens (including phenoxy) is 1. The first-order valence-electron chi connectivity index (χ1n) is 10.3. The van der Waals surface area contributed by atoms with Gasteiger partial charge >= 0.3 is 6.36 Å². The van der Waals surface area contributed by atoms with Gasteiger partial charge in [-0.15, -0.1) is 13.2 Å². The third-order valence-corrected chi connectivity index (χ3v) is 5.77. The zero-order valence-electron chi connectivity index (χ0n) is 18.3. The molecule has 2 heterocycles. The normalized spacial score (nSPS) is 12.5. The maximum absolute atomic E-state index is 13.4. The molecule has 4 aromatic rings. The fraction of sp³-hybridized carbons (Fsp3) is 0.174. The maximum Gasteiger partial charge on any atom is 0.573 e. The molecule has 0 fully saturated rings. The fourth-order valence-corrected chi connectivity index (χ4v) is 3.98. The van der Waals surface area contributed by atoms with Gasteiger partial charge in [-0.3, -0.25) is 9.36 Å². The Hall–Kier alpha value is -3.54. The zero-order valence-corrected chi connectivity index (χ0v) is 19.9. The summed E-state index contributed by atoms with van der Waals surface area (Å²) in [6.07, 6.45) is -5.16. The van der Waals surface area contributed by atoms with Crippen molar-refractivity contribution in [3.8, 4) is 11.5 Å². The van der Waals surface area contributed by atoms with Gasteiger partial charge in [-0.2, -0.15) is 0 Å². The van der Waals surface area contributed by atoms with Gasteiger partial charge in [0, 0.05) is 5.56 Å². The van der Waals surface area contributed by atoms with Crippen molar-refractivity contribution >= 4 is 39.8 Å². The maximum atomic E-state index is 13.4. The standard InChI is InChI=1S/C23H17Cl2F3N4O4/c1-11-6-7-14(31-21(34)15-8-13(24)19(33)20(25)30-15)17-18(11)29-10-32(22(17)35)9-12-4-2-3-5-16(12)36-23(26,27)28/h2-8,10,21,31,33-34H,9H2,1H3. The van der Waals surface area contributed by atoms with E-state index in [0.29, 0.717) is 11.1 Å². The Balaban J connectivity index is 1.75. The molecule has 36 heavy (non-hydrogen) atoms. The molecule has 0 radical (unpaired) electrons. The van der Waals surface area contributed by atoms with E-state index in [1.54, 1.807) is 19.1 Å². The molecule has 0 saturated heterocycles. The van der Waals surface area contributed by atoms with Gasteiger partial charge in [0.25, 0.3) is 5.56 Å². The summed E-state index contributed by atoms with van der Waals surface area (Å²) < 4.78 is 43.6. The van der Waals surface area contributed by atoms with Gasteiger partial charge in [-0.25, -0.2) is 9.97 Å². The molecule has 0 saturated carbocycles. The summed E-state index contributed by atoms with van der Waals surface area (Å²) in [6.45, 7) is 1.47. The zero-order chi connectivity index (χ0) is 26.2. The first kappa shape index (κ1) is 25.5. The van der Waals surface area contributed by atoms with Crippen LogP contribution in [0, 0.1) is 6.92 Å². The van der Waals surface area contributed by atoms with Crippen LogP contribution in [0.4, 0.5) is 18.9 Å². The topological polar surface area (TPSA) is 110 Å². The van der Waals surface area contributed by atoms with Crippen LogP contribution in [0.1, 0.15) is 23.0 Å².